The molecule has 1 heterocycles. The molecule has 2 rings (SSSR count). The minimum atomic E-state index is 0.471. The van der Waals surface area contributed by atoms with Crippen molar-refractivity contribution < 1.29 is 4.74 Å². The monoisotopic (exact) mass is 248 g/mol. The molecule has 1 unspecified atom stereocenters. The van der Waals surface area contributed by atoms with E-state index >= 15 is 0 Å². The minimum absolute atomic E-state index is 0.471. The maximum absolute atomic E-state index is 5.47. The predicted octanol–water partition coefficient (Wildman–Crippen LogP) is 1.67. The molecule has 1 N–H and O–H groups in total. The molecular formula is C15H24N2O. The average molecular weight is 248 g/mol. The van der Waals surface area contributed by atoms with Crippen molar-refractivity contribution in [1.82, 2.24) is 10.2 Å². The summed E-state index contributed by atoms with van der Waals surface area (Å²) in [4.78, 5) is 2.35. The Morgan fingerprint density at radius 2 is 2.00 bits per heavy atom. The summed E-state index contributed by atoms with van der Waals surface area (Å²) in [5, 5.41) is 3.49. The first-order valence-electron chi connectivity index (χ1n) is 6.85. The van der Waals surface area contributed by atoms with E-state index in [1.54, 1.807) is 0 Å². The maximum Gasteiger partial charge on any atom is 0.0632 e. The summed E-state index contributed by atoms with van der Waals surface area (Å²) < 4.78 is 5.47. The number of morpholine rings is 1. The SMILES string of the molecule is CCc1ccc(CN(C)CC2COCCN2)cc1. The van der Waals surface area contributed by atoms with Gasteiger partial charge < -0.3 is 15.0 Å². The van der Waals surface area contributed by atoms with Gasteiger partial charge in [-0.05, 0) is 24.6 Å². The third-order valence-corrected chi connectivity index (χ3v) is 3.41. The fourth-order valence-electron chi connectivity index (χ4n) is 2.37. The molecule has 0 saturated carbocycles. The summed E-state index contributed by atoms with van der Waals surface area (Å²) in [6.07, 6.45) is 1.11. The number of benzene rings is 1. The van der Waals surface area contributed by atoms with Crippen molar-refractivity contribution in [3.05, 3.63) is 35.4 Å². The predicted molar refractivity (Wildman–Crippen MR) is 74.8 cm³/mol. The van der Waals surface area contributed by atoms with E-state index in [9.17, 15) is 0 Å². The van der Waals surface area contributed by atoms with Gasteiger partial charge in [-0.3, -0.25) is 0 Å². The van der Waals surface area contributed by atoms with Crippen LogP contribution >= 0.6 is 0 Å². The van der Waals surface area contributed by atoms with Crippen LogP contribution in [0.3, 0.4) is 0 Å². The van der Waals surface area contributed by atoms with Gasteiger partial charge in [0.15, 0.2) is 0 Å². The van der Waals surface area contributed by atoms with E-state index in [2.05, 4.69) is 48.5 Å². The number of nitrogens with one attached hydrogen (secondary N) is 1. The fourth-order valence-corrected chi connectivity index (χ4v) is 2.37. The zero-order valence-corrected chi connectivity index (χ0v) is 11.5. The maximum atomic E-state index is 5.47. The lowest BCUT2D eigenvalue weighted by Gasteiger charge is -2.28. The molecular weight excluding hydrogens is 224 g/mol. The number of rotatable bonds is 5. The van der Waals surface area contributed by atoms with Crippen LogP contribution in [0, 0.1) is 0 Å². The van der Waals surface area contributed by atoms with Crippen LogP contribution in [0.2, 0.25) is 0 Å². The molecule has 1 atom stereocenters. The Bertz CT molecular complexity index is 344. The molecule has 3 heteroatoms. The second-order valence-corrected chi connectivity index (χ2v) is 5.09. The molecule has 0 aliphatic carbocycles. The summed E-state index contributed by atoms with van der Waals surface area (Å²) in [6, 6.07) is 9.40. The van der Waals surface area contributed by atoms with Crippen LogP contribution in [0.25, 0.3) is 0 Å². The van der Waals surface area contributed by atoms with Crippen LogP contribution in [0.5, 0.6) is 0 Å². The van der Waals surface area contributed by atoms with Gasteiger partial charge in [0.05, 0.1) is 13.2 Å². The average Bonchev–Trinajstić information content (AvgIpc) is 2.40. The van der Waals surface area contributed by atoms with Crippen molar-refractivity contribution in [2.75, 3.05) is 33.4 Å². The molecule has 0 aromatic heterocycles. The zero-order valence-electron chi connectivity index (χ0n) is 11.5. The number of hydrogen-bond acceptors (Lipinski definition) is 3. The van der Waals surface area contributed by atoms with E-state index in [1.165, 1.54) is 11.1 Å². The Morgan fingerprint density at radius 1 is 1.28 bits per heavy atom. The van der Waals surface area contributed by atoms with Gasteiger partial charge in [-0.1, -0.05) is 31.2 Å². The highest BCUT2D eigenvalue weighted by molar-refractivity contribution is 5.22. The lowest BCUT2D eigenvalue weighted by molar-refractivity contribution is 0.0645. The zero-order chi connectivity index (χ0) is 12.8. The second-order valence-electron chi connectivity index (χ2n) is 5.09. The molecule has 18 heavy (non-hydrogen) atoms. The second kappa shape index (κ2) is 6.88. The first-order valence-corrected chi connectivity index (χ1v) is 6.85. The standard InChI is InChI=1S/C15H24N2O/c1-3-13-4-6-14(7-5-13)10-17(2)11-15-12-18-9-8-16-15/h4-7,15-16H,3,8-12H2,1-2H3. The van der Waals surface area contributed by atoms with Crippen LogP contribution in [0.1, 0.15) is 18.1 Å². The molecule has 1 aliphatic heterocycles. The van der Waals surface area contributed by atoms with Crippen molar-refractivity contribution in [2.24, 2.45) is 0 Å². The van der Waals surface area contributed by atoms with Crippen LogP contribution in [-0.2, 0) is 17.7 Å². The first kappa shape index (κ1) is 13.5. The molecule has 1 aromatic carbocycles. The summed E-state index contributed by atoms with van der Waals surface area (Å²) >= 11 is 0. The largest absolute Gasteiger partial charge is 0.378 e. The van der Waals surface area contributed by atoms with E-state index in [0.29, 0.717) is 6.04 Å². The normalized spacial score (nSPS) is 20.3. The Morgan fingerprint density at radius 3 is 2.61 bits per heavy atom. The van der Waals surface area contributed by atoms with Crippen molar-refractivity contribution in [2.45, 2.75) is 25.9 Å². The van der Waals surface area contributed by atoms with Gasteiger partial charge in [-0.2, -0.15) is 0 Å². The highest BCUT2D eigenvalue weighted by Gasteiger charge is 2.14. The Labute approximate surface area is 110 Å². The molecule has 1 aliphatic rings. The lowest BCUT2D eigenvalue weighted by Crippen LogP contribution is -2.47. The van der Waals surface area contributed by atoms with Gasteiger partial charge in [0, 0.05) is 25.7 Å². The van der Waals surface area contributed by atoms with E-state index in [-0.39, 0.29) is 0 Å². The number of ether oxygens (including phenoxy) is 1. The first-order chi connectivity index (χ1) is 8.78. The topological polar surface area (TPSA) is 24.5 Å². The molecule has 3 nitrogen and oxygen atoms in total. The van der Waals surface area contributed by atoms with Crippen molar-refractivity contribution in [3.8, 4) is 0 Å². The molecule has 100 valence electrons. The number of hydrogen-bond donors (Lipinski definition) is 1. The third kappa shape index (κ3) is 4.09. The van der Waals surface area contributed by atoms with Gasteiger partial charge in [-0.25, -0.2) is 0 Å². The van der Waals surface area contributed by atoms with E-state index < -0.39 is 0 Å². The molecule has 1 fully saturated rings. The summed E-state index contributed by atoms with van der Waals surface area (Å²) in [6.45, 7) is 6.88. The smallest absolute Gasteiger partial charge is 0.0632 e. The molecule has 0 spiro atoms. The van der Waals surface area contributed by atoms with Gasteiger partial charge in [0.1, 0.15) is 0 Å². The van der Waals surface area contributed by atoms with Crippen molar-refractivity contribution in [1.29, 1.82) is 0 Å². The summed E-state index contributed by atoms with van der Waals surface area (Å²) in [7, 11) is 2.17. The Balaban J connectivity index is 1.80. The van der Waals surface area contributed by atoms with Gasteiger partial charge in [0.2, 0.25) is 0 Å². The Hall–Kier alpha value is -0.900. The van der Waals surface area contributed by atoms with E-state index in [4.69, 9.17) is 4.74 Å². The quantitative estimate of drug-likeness (QED) is 0.858. The number of nitrogens with zero attached hydrogens (tertiary/aromatic N) is 1. The number of likely N-dealkylation sites (N-methyl/N-ethyl adjacent to an activating group) is 1. The summed E-state index contributed by atoms with van der Waals surface area (Å²) in [5.41, 5.74) is 2.79. The lowest BCUT2D eigenvalue weighted by atomic mass is 10.1. The van der Waals surface area contributed by atoms with Crippen LogP contribution in [-0.4, -0.2) is 44.3 Å². The fraction of sp³-hybridized carbons (Fsp3) is 0.600. The van der Waals surface area contributed by atoms with Crippen molar-refractivity contribution in [3.63, 3.8) is 0 Å². The highest BCUT2D eigenvalue weighted by atomic mass is 16.5. The van der Waals surface area contributed by atoms with Crippen LogP contribution < -0.4 is 5.32 Å². The molecule has 0 bridgehead atoms. The highest BCUT2D eigenvalue weighted by Crippen LogP contribution is 2.08. The van der Waals surface area contributed by atoms with Gasteiger partial charge in [0.25, 0.3) is 0 Å². The van der Waals surface area contributed by atoms with Crippen molar-refractivity contribution >= 4 is 0 Å². The van der Waals surface area contributed by atoms with Crippen LogP contribution in [0.4, 0.5) is 0 Å². The minimum Gasteiger partial charge on any atom is -0.378 e. The Kier molecular flexibility index (Phi) is 5.17. The van der Waals surface area contributed by atoms with E-state index in [0.717, 1.165) is 39.3 Å². The van der Waals surface area contributed by atoms with Gasteiger partial charge >= 0.3 is 0 Å². The van der Waals surface area contributed by atoms with Crippen LogP contribution in [0.15, 0.2) is 24.3 Å². The molecule has 0 radical (unpaired) electrons. The number of aryl methyl sites for hydroxylation is 1. The summed E-state index contributed by atoms with van der Waals surface area (Å²) in [5.74, 6) is 0. The van der Waals surface area contributed by atoms with E-state index in [1.807, 2.05) is 0 Å². The molecule has 1 aromatic rings. The van der Waals surface area contributed by atoms with Gasteiger partial charge in [-0.15, -0.1) is 0 Å². The molecule has 1 saturated heterocycles. The third-order valence-electron chi connectivity index (χ3n) is 3.41. The molecule has 0 amide bonds.